The van der Waals surface area contributed by atoms with Gasteiger partial charge in [-0.25, -0.2) is 0 Å². The van der Waals surface area contributed by atoms with Gasteiger partial charge >= 0.3 is 0 Å². The van der Waals surface area contributed by atoms with E-state index in [9.17, 15) is 9.83 Å². The van der Waals surface area contributed by atoms with Crippen LogP contribution in [0.4, 0.5) is 11.4 Å². The van der Waals surface area contributed by atoms with Crippen LogP contribution in [-0.4, -0.2) is 27.0 Å². The first kappa shape index (κ1) is 18.4. The van der Waals surface area contributed by atoms with Crippen molar-refractivity contribution in [3.63, 3.8) is 0 Å². The van der Waals surface area contributed by atoms with E-state index in [0.717, 1.165) is 34.8 Å². The molecule has 1 heterocycles. The van der Waals surface area contributed by atoms with Crippen molar-refractivity contribution in [3.8, 4) is 11.8 Å². The summed E-state index contributed by atoms with van der Waals surface area (Å²) in [6, 6.07) is 16.2. The monoisotopic (exact) mass is 369 g/mol. The first-order valence-electron chi connectivity index (χ1n) is 8.65. The van der Waals surface area contributed by atoms with Crippen LogP contribution in [0.2, 0.25) is 0 Å². The average Bonchev–Trinajstić information content (AvgIpc) is 2.92. The number of nitrogens with zero attached hydrogens (tertiary/aromatic N) is 2. The summed E-state index contributed by atoms with van der Waals surface area (Å²) in [6.45, 7) is 6.27. The summed E-state index contributed by atoms with van der Waals surface area (Å²) in [4.78, 5) is 2.24. The minimum absolute atomic E-state index is 0.0815. The van der Waals surface area contributed by atoms with E-state index in [1.807, 2.05) is 42.5 Å². The zero-order valence-corrected chi connectivity index (χ0v) is 16.5. The fraction of sp³-hybridized carbons (Fsp3) is 0.350. The molecule has 2 atom stereocenters. The van der Waals surface area contributed by atoms with Crippen molar-refractivity contribution in [2.24, 2.45) is 0 Å². The Labute approximate surface area is 155 Å². The number of ether oxygens (including phenoxy) is 1. The van der Waals surface area contributed by atoms with Gasteiger partial charge in [0.2, 0.25) is 0 Å². The molecule has 0 aromatic heterocycles. The van der Waals surface area contributed by atoms with Gasteiger partial charge in [-0.15, -0.1) is 0 Å². The summed E-state index contributed by atoms with van der Waals surface area (Å²) in [5.41, 5.74) is 3.91. The summed E-state index contributed by atoms with van der Waals surface area (Å²) < 4.78 is 17.5. The third-order valence-corrected chi connectivity index (χ3v) is 5.44. The van der Waals surface area contributed by atoms with E-state index in [1.54, 1.807) is 20.4 Å². The lowest BCUT2D eigenvalue weighted by Gasteiger charge is -2.28. The van der Waals surface area contributed by atoms with Gasteiger partial charge in [0.25, 0.3) is 0 Å². The van der Waals surface area contributed by atoms with Crippen molar-refractivity contribution in [2.75, 3.05) is 37.0 Å². The Morgan fingerprint density at radius 1 is 1.27 bits per heavy atom. The van der Waals surface area contributed by atoms with Crippen LogP contribution in [0.5, 0.6) is 5.75 Å². The van der Waals surface area contributed by atoms with Crippen LogP contribution < -0.4 is 14.7 Å². The number of likely N-dealkylation sites (N-methyl/N-ethyl adjacent to an activating group) is 1. The van der Waals surface area contributed by atoms with Crippen molar-refractivity contribution < 1.29 is 9.30 Å². The molecule has 0 amide bonds. The summed E-state index contributed by atoms with van der Waals surface area (Å²) >= 11 is 0. The van der Waals surface area contributed by atoms with Crippen molar-refractivity contribution in [1.29, 1.82) is 5.26 Å². The van der Waals surface area contributed by atoms with Crippen molar-refractivity contribution in [2.45, 2.75) is 18.9 Å². The van der Waals surface area contributed by atoms with E-state index in [1.165, 1.54) is 0 Å². The van der Waals surface area contributed by atoms with E-state index < -0.39 is 7.29 Å². The molecular formula is C20H24N3O2P. The maximum absolute atomic E-state index is 12.1. The number of anilines is 2. The van der Waals surface area contributed by atoms with Gasteiger partial charge in [-0.2, -0.15) is 5.26 Å². The second-order valence-corrected chi connectivity index (χ2v) is 9.78. The van der Waals surface area contributed by atoms with Crippen LogP contribution in [0.1, 0.15) is 30.0 Å². The molecule has 3 rings (SSSR count). The van der Waals surface area contributed by atoms with Crippen LogP contribution in [0.3, 0.4) is 0 Å². The van der Waals surface area contributed by atoms with Crippen molar-refractivity contribution >= 4 is 18.7 Å². The highest BCUT2D eigenvalue weighted by molar-refractivity contribution is 7.63. The second kappa shape index (κ2) is 7.05. The van der Waals surface area contributed by atoms with Gasteiger partial charge in [-0.3, -0.25) is 0 Å². The fourth-order valence-electron chi connectivity index (χ4n) is 3.64. The minimum Gasteiger partial charge on any atom is -0.497 e. The standard InChI is InChI=1S/C20H24N3O2P/c1-5-23-19-12-16(25-2)9-10-17(19)18(13-21)20(23)14-7-6-8-15(11-14)22-26(3,4)24/h6-12,18,20H,5H2,1-4H3,(H,22,24). The second-order valence-electron chi connectivity index (χ2n) is 6.85. The number of benzene rings is 2. The minimum atomic E-state index is -2.40. The van der Waals surface area contributed by atoms with Gasteiger partial charge in [0, 0.05) is 37.3 Å². The topological polar surface area (TPSA) is 65.4 Å². The Morgan fingerprint density at radius 3 is 2.65 bits per heavy atom. The molecule has 6 heteroatoms. The van der Waals surface area contributed by atoms with Crippen LogP contribution in [0, 0.1) is 11.3 Å². The molecule has 26 heavy (non-hydrogen) atoms. The molecule has 2 aromatic rings. The van der Waals surface area contributed by atoms with Gasteiger partial charge in [-0.1, -0.05) is 18.2 Å². The molecule has 5 nitrogen and oxygen atoms in total. The largest absolute Gasteiger partial charge is 0.497 e. The van der Waals surface area contributed by atoms with Gasteiger partial charge in [0.15, 0.2) is 7.29 Å². The lowest BCUT2D eigenvalue weighted by Crippen LogP contribution is -2.26. The quantitative estimate of drug-likeness (QED) is 0.765. The number of fused-ring (bicyclic) bond motifs is 1. The highest BCUT2D eigenvalue weighted by Crippen LogP contribution is 2.50. The molecule has 2 unspecified atom stereocenters. The summed E-state index contributed by atoms with van der Waals surface area (Å²) in [7, 11) is -0.750. The SMILES string of the molecule is CCN1c2cc(OC)ccc2C(C#N)C1c1cccc(NP(C)(C)=O)c1. The van der Waals surface area contributed by atoms with E-state index in [0.29, 0.717) is 0 Å². The lowest BCUT2D eigenvalue weighted by atomic mass is 9.91. The molecule has 0 saturated heterocycles. The van der Waals surface area contributed by atoms with E-state index in [2.05, 4.69) is 23.0 Å². The molecule has 0 fully saturated rings. The maximum atomic E-state index is 12.1. The average molecular weight is 369 g/mol. The summed E-state index contributed by atoms with van der Waals surface area (Å²) in [5, 5.41) is 13.0. The van der Waals surface area contributed by atoms with E-state index in [-0.39, 0.29) is 12.0 Å². The first-order chi connectivity index (χ1) is 12.4. The summed E-state index contributed by atoms with van der Waals surface area (Å²) in [5.74, 6) is 0.522. The maximum Gasteiger partial charge on any atom is 0.164 e. The zero-order chi connectivity index (χ0) is 18.9. The Bertz CT molecular complexity index is 900. The zero-order valence-electron chi connectivity index (χ0n) is 15.6. The van der Waals surface area contributed by atoms with Gasteiger partial charge in [0.1, 0.15) is 5.75 Å². The number of methoxy groups -OCH3 is 1. The number of hydrogen-bond donors (Lipinski definition) is 1. The highest BCUT2D eigenvalue weighted by atomic mass is 31.2. The Morgan fingerprint density at radius 2 is 2.04 bits per heavy atom. The van der Waals surface area contributed by atoms with Crippen LogP contribution in [0.25, 0.3) is 0 Å². The van der Waals surface area contributed by atoms with Crippen molar-refractivity contribution in [1.82, 2.24) is 0 Å². The molecule has 0 saturated carbocycles. The number of nitriles is 1. The Balaban J connectivity index is 2.06. The predicted octanol–water partition coefficient (Wildman–Crippen LogP) is 4.83. The molecule has 0 spiro atoms. The normalized spacial score (nSPS) is 19.0. The fourth-order valence-corrected chi connectivity index (χ4v) is 4.41. The predicted molar refractivity (Wildman–Crippen MR) is 107 cm³/mol. The van der Waals surface area contributed by atoms with Crippen LogP contribution in [0.15, 0.2) is 42.5 Å². The molecule has 0 radical (unpaired) electrons. The smallest absolute Gasteiger partial charge is 0.164 e. The first-order valence-corrected chi connectivity index (χ1v) is 11.3. The summed E-state index contributed by atoms with van der Waals surface area (Å²) in [6.07, 6.45) is 0. The molecule has 2 aromatic carbocycles. The van der Waals surface area contributed by atoms with E-state index >= 15 is 0 Å². The third kappa shape index (κ3) is 3.43. The number of hydrogen-bond acceptors (Lipinski definition) is 4. The third-order valence-electron chi connectivity index (χ3n) is 4.64. The molecule has 1 aliphatic heterocycles. The van der Waals surface area contributed by atoms with Crippen LogP contribution >= 0.6 is 7.29 Å². The molecule has 0 aliphatic carbocycles. The molecule has 1 aliphatic rings. The Kier molecular flexibility index (Phi) is 4.98. The van der Waals surface area contributed by atoms with Crippen molar-refractivity contribution in [3.05, 3.63) is 53.6 Å². The lowest BCUT2D eigenvalue weighted by molar-refractivity contribution is 0.415. The van der Waals surface area contributed by atoms with Gasteiger partial charge in [-0.05, 0) is 36.2 Å². The highest BCUT2D eigenvalue weighted by Gasteiger charge is 2.39. The van der Waals surface area contributed by atoms with Crippen LogP contribution in [-0.2, 0) is 4.57 Å². The molecule has 136 valence electrons. The molecule has 0 bridgehead atoms. The number of rotatable bonds is 5. The Hall–Kier alpha value is -2.44. The molecule has 1 N–H and O–H groups in total. The van der Waals surface area contributed by atoms with E-state index in [4.69, 9.17) is 4.74 Å². The van der Waals surface area contributed by atoms with Gasteiger partial charge in [0.05, 0.1) is 25.1 Å². The van der Waals surface area contributed by atoms with Gasteiger partial charge < -0.3 is 19.3 Å². The number of nitrogens with one attached hydrogen (secondary N) is 1. The molecular weight excluding hydrogens is 345 g/mol.